The summed E-state index contributed by atoms with van der Waals surface area (Å²) in [6.45, 7) is 1.15. The Morgan fingerprint density at radius 2 is 2.08 bits per heavy atom. The summed E-state index contributed by atoms with van der Waals surface area (Å²) in [7, 11) is 0. The predicted octanol–water partition coefficient (Wildman–Crippen LogP) is 2.00. The fraction of sp³-hybridized carbons (Fsp3) is 0.278. The van der Waals surface area contributed by atoms with E-state index in [1.165, 1.54) is 6.20 Å². The van der Waals surface area contributed by atoms with Gasteiger partial charge in [0.05, 0.1) is 12.2 Å². The molecule has 8 heteroatoms. The summed E-state index contributed by atoms with van der Waals surface area (Å²) in [5, 5.41) is 18.5. The summed E-state index contributed by atoms with van der Waals surface area (Å²) in [5.41, 5.74) is 0.534. The minimum Gasteiger partial charge on any atom is -0.476 e. The third kappa shape index (κ3) is 3.01. The smallest absolute Gasteiger partial charge is 0.358 e. The van der Waals surface area contributed by atoms with Gasteiger partial charge in [-0.05, 0) is 36.4 Å². The molecule has 1 unspecified atom stereocenters. The first-order valence-electron chi connectivity index (χ1n) is 8.40. The zero-order chi connectivity index (χ0) is 18.1. The standard InChI is InChI=1S/C18H17N5O3/c24-17(13-4-3-12-5-6-19-9-14(12)8-13)22-7-1-2-15(10-22)23-11-16(18(25)26)20-21-23/h3-6,8-9,11,15H,1-2,7,10H2,(H,25,26). The van der Waals surface area contributed by atoms with Crippen molar-refractivity contribution < 1.29 is 14.7 Å². The number of pyridine rings is 1. The van der Waals surface area contributed by atoms with E-state index in [2.05, 4.69) is 15.3 Å². The second-order valence-electron chi connectivity index (χ2n) is 6.37. The molecule has 3 heterocycles. The van der Waals surface area contributed by atoms with Crippen molar-refractivity contribution >= 4 is 22.6 Å². The maximum absolute atomic E-state index is 12.9. The van der Waals surface area contributed by atoms with Crippen molar-refractivity contribution in [1.82, 2.24) is 24.9 Å². The Balaban J connectivity index is 1.54. The molecule has 132 valence electrons. The molecule has 1 saturated heterocycles. The lowest BCUT2D eigenvalue weighted by molar-refractivity contribution is 0.0666. The van der Waals surface area contributed by atoms with Crippen LogP contribution in [-0.4, -0.2) is 55.0 Å². The van der Waals surface area contributed by atoms with Gasteiger partial charge in [0.1, 0.15) is 0 Å². The molecular weight excluding hydrogens is 334 g/mol. The molecule has 0 bridgehead atoms. The molecule has 1 aliphatic rings. The summed E-state index contributed by atoms with van der Waals surface area (Å²) >= 11 is 0. The van der Waals surface area contributed by atoms with Gasteiger partial charge in [0.2, 0.25) is 0 Å². The Labute approximate surface area is 149 Å². The Bertz CT molecular complexity index is 984. The Kier molecular flexibility index (Phi) is 4.08. The van der Waals surface area contributed by atoms with Gasteiger partial charge in [-0.25, -0.2) is 9.48 Å². The van der Waals surface area contributed by atoms with E-state index in [9.17, 15) is 9.59 Å². The number of rotatable bonds is 3. The Hall–Kier alpha value is -3.29. The van der Waals surface area contributed by atoms with Crippen LogP contribution in [0.1, 0.15) is 39.7 Å². The molecule has 1 N–H and O–H groups in total. The first-order chi connectivity index (χ1) is 12.6. The third-order valence-electron chi connectivity index (χ3n) is 4.67. The number of fused-ring (bicyclic) bond motifs is 1. The summed E-state index contributed by atoms with van der Waals surface area (Å²) in [4.78, 5) is 29.8. The molecule has 8 nitrogen and oxygen atoms in total. The molecule has 0 spiro atoms. The van der Waals surface area contributed by atoms with E-state index >= 15 is 0 Å². The number of aromatic nitrogens is 4. The van der Waals surface area contributed by atoms with Crippen LogP contribution in [-0.2, 0) is 0 Å². The van der Waals surface area contributed by atoms with Crippen molar-refractivity contribution in [2.75, 3.05) is 13.1 Å². The number of hydrogen-bond acceptors (Lipinski definition) is 5. The van der Waals surface area contributed by atoms with Crippen LogP contribution in [0.4, 0.5) is 0 Å². The molecule has 26 heavy (non-hydrogen) atoms. The highest BCUT2D eigenvalue weighted by Gasteiger charge is 2.27. The highest BCUT2D eigenvalue weighted by atomic mass is 16.4. The largest absolute Gasteiger partial charge is 0.476 e. The van der Waals surface area contributed by atoms with Gasteiger partial charge in [-0.3, -0.25) is 9.78 Å². The number of carbonyl (C=O) groups excluding carboxylic acids is 1. The van der Waals surface area contributed by atoms with Crippen LogP contribution in [0.3, 0.4) is 0 Å². The minimum absolute atomic E-state index is 0.0426. The first-order valence-corrected chi connectivity index (χ1v) is 8.40. The normalized spacial score (nSPS) is 17.4. The number of aromatic carboxylic acids is 1. The molecule has 1 aliphatic heterocycles. The number of piperidine rings is 1. The van der Waals surface area contributed by atoms with Gasteiger partial charge in [0.15, 0.2) is 5.69 Å². The van der Waals surface area contributed by atoms with Gasteiger partial charge < -0.3 is 10.0 Å². The molecule has 0 radical (unpaired) electrons. The van der Waals surface area contributed by atoms with E-state index in [0.29, 0.717) is 18.7 Å². The van der Waals surface area contributed by atoms with Gasteiger partial charge in [-0.2, -0.15) is 0 Å². The lowest BCUT2D eigenvalue weighted by atomic mass is 10.0. The number of nitrogens with zero attached hydrogens (tertiary/aromatic N) is 5. The van der Waals surface area contributed by atoms with Crippen molar-refractivity contribution in [3.63, 3.8) is 0 Å². The number of carboxylic acids is 1. The van der Waals surface area contributed by atoms with Crippen LogP contribution in [0.2, 0.25) is 0 Å². The second-order valence-corrected chi connectivity index (χ2v) is 6.37. The molecule has 0 saturated carbocycles. The van der Waals surface area contributed by atoms with E-state index in [4.69, 9.17) is 5.11 Å². The molecule has 1 amide bonds. The third-order valence-corrected chi connectivity index (χ3v) is 4.67. The van der Waals surface area contributed by atoms with Crippen LogP contribution in [0.5, 0.6) is 0 Å². The van der Waals surface area contributed by atoms with Gasteiger partial charge in [-0.15, -0.1) is 5.10 Å². The molecule has 0 aliphatic carbocycles. The molecule has 2 aromatic heterocycles. The van der Waals surface area contributed by atoms with Gasteiger partial charge >= 0.3 is 5.97 Å². The molecule has 4 rings (SSSR count). The molecular formula is C18H17N5O3. The average molecular weight is 351 g/mol. The molecule has 1 fully saturated rings. The van der Waals surface area contributed by atoms with Crippen LogP contribution < -0.4 is 0 Å². The Morgan fingerprint density at radius 3 is 2.88 bits per heavy atom. The van der Waals surface area contributed by atoms with Gasteiger partial charge in [0, 0.05) is 36.4 Å². The van der Waals surface area contributed by atoms with E-state index in [-0.39, 0.29) is 17.6 Å². The van der Waals surface area contributed by atoms with Crippen molar-refractivity contribution in [3.05, 3.63) is 54.1 Å². The maximum Gasteiger partial charge on any atom is 0.358 e. The number of carbonyl (C=O) groups is 2. The molecule has 3 aromatic rings. The maximum atomic E-state index is 12.9. The van der Waals surface area contributed by atoms with Crippen molar-refractivity contribution in [2.24, 2.45) is 0 Å². The number of hydrogen-bond donors (Lipinski definition) is 1. The quantitative estimate of drug-likeness (QED) is 0.774. The zero-order valence-corrected chi connectivity index (χ0v) is 13.9. The minimum atomic E-state index is -1.11. The van der Waals surface area contributed by atoms with Gasteiger partial charge in [0.25, 0.3) is 5.91 Å². The summed E-state index contributed by atoms with van der Waals surface area (Å²) in [6, 6.07) is 7.43. The van der Waals surface area contributed by atoms with E-state index in [1.54, 1.807) is 22.0 Å². The second kappa shape index (κ2) is 6.55. The highest BCUT2D eigenvalue weighted by Crippen LogP contribution is 2.23. The first kappa shape index (κ1) is 16.2. The summed E-state index contributed by atoms with van der Waals surface area (Å²) in [5.74, 6) is -1.15. The van der Waals surface area contributed by atoms with Crippen LogP contribution in [0, 0.1) is 0 Å². The van der Waals surface area contributed by atoms with E-state index < -0.39 is 5.97 Å². The number of amides is 1. The average Bonchev–Trinajstić information content (AvgIpc) is 3.18. The fourth-order valence-electron chi connectivity index (χ4n) is 3.31. The van der Waals surface area contributed by atoms with E-state index in [1.807, 2.05) is 24.3 Å². The Morgan fingerprint density at radius 1 is 1.19 bits per heavy atom. The van der Waals surface area contributed by atoms with Crippen LogP contribution in [0.25, 0.3) is 10.8 Å². The predicted molar refractivity (Wildman–Crippen MR) is 92.9 cm³/mol. The lowest BCUT2D eigenvalue weighted by Gasteiger charge is -2.32. The number of carboxylic acid groups (broad SMARTS) is 1. The zero-order valence-electron chi connectivity index (χ0n) is 13.9. The monoisotopic (exact) mass is 351 g/mol. The lowest BCUT2D eigenvalue weighted by Crippen LogP contribution is -2.40. The SMILES string of the molecule is O=C(O)c1cn(C2CCCN(C(=O)c3ccc4ccncc4c3)C2)nn1. The van der Waals surface area contributed by atoms with Crippen LogP contribution in [0.15, 0.2) is 42.9 Å². The number of benzene rings is 1. The number of likely N-dealkylation sites (tertiary alicyclic amines) is 1. The fourth-order valence-corrected chi connectivity index (χ4v) is 3.31. The summed E-state index contributed by atoms with van der Waals surface area (Å²) in [6.07, 6.45) is 6.54. The highest BCUT2D eigenvalue weighted by molar-refractivity contribution is 5.98. The van der Waals surface area contributed by atoms with Gasteiger partial charge in [-0.1, -0.05) is 11.3 Å². The van der Waals surface area contributed by atoms with Crippen LogP contribution >= 0.6 is 0 Å². The van der Waals surface area contributed by atoms with E-state index in [0.717, 1.165) is 23.6 Å². The van der Waals surface area contributed by atoms with Crippen molar-refractivity contribution in [1.29, 1.82) is 0 Å². The van der Waals surface area contributed by atoms with Crippen molar-refractivity contribution in [2.45, 2.75) is 18.9 Å². The molecule has 1 aromatic carbocycles. The summed E-state index contributed by atoms with van der Waals surface area (Å²) < 4.78 is 1.55. The topological polar surface area (TPSA) is 101 Å². The van der Waals surface area contributed by atoms with Crippen molar-refractivity contribution in [3.8, 4) is 0 Å². The molecule has 1 atom stereocenters.